The molecule has 164 valence electrons. The Morgan fingerprint density at radius 1 is 1.10 bits per heavy atom. The number of anilines is 2. The molecule has 1 aromatic heterocycles. The number of rotatable bonds is 10. The first kappa shape index (κ1) is 22.2. The standard InChI is InChI=1S/C21H31N6O3/c1-22-11-15-6-8-16(9-7-15)12-23-20-19(27(28)29)14-25-21(26-20)24-13-17-4-3-5-18(10-17)30-2/h3-5,10,14-16,22,27H,6-9,11-13H2,1-2H3,(H2,23,24,25,26)/q-1. The first-order valence-electron chi connectivity index (χ1n) is 10.4. The second-order valence-corrected chi connectivity index (χ2v) is 7.77. The molecule has 0 atom stereocenters. The van der Waals surface area contributed by atoms with Gasteiger partial charge in [-0.05, 0) is 68.8 Å². The average molecular weight is 416 g/mol. The van der Waals surface area contributed by atoms with Gasteiger partial charge in [0.25, 0.3) is 0 Å². The lowest BCUT2D eigenvalue weighted by molar-refractivity contribution is -0.714. The molecule has 1 fully saturated rings. The summed E-state index contributed by atoms with van der Waals surface area (Å²) < 4.78 is 5.23. The van der Waals surface area contributed by atoms with Gasteiger partial charge in [0.2, 0.25) is 5.95 Å². The van der Waals surface area contributed by atoms with Crippen molar-refractivity contribution in [2.24, 2.45) is 11.8 Å². The zero-order valence-electron chi connectivity index (χ0n) is 17.6. The van der Waals surface area contributed by atoms with Gasteiger partial charge in [-0.25, -0.2) is 4.98 Å². The summed E-state index contributed by atoms with van der Waals surface area (Å²) in [5.41, 5.74) is 0.987. The molecule has 2 aromatic rings. The van der Waals surface area contributed by atoms with Gasteiger partial charge in [-0.2, -0.15) is 4.98 Å². The van der Waals surface area contributed by atoms with E-state index in [0.717, 1.165) is 36.6 Å². The Morgan fingerprint density at radius 2 is 1.83 bits per heavy atom. The Kier molecular flexibility index (Phi) is 8.21. The molecule has 0 aliphatic heterocycles. The number of nitrogens with zero attached hydrogens (tertiary/aromatic N) is 2. The van der Waals surface area contributed by atoms with Crippen molar-refractivity contribution in [2.45, 2.75) is 32.2 Å². The minimum absolute atomic E-state index is 0.0224. The van der Waals surface area contributed by atoms with E-state index in [9.17, 15) is 10.4 Å². The highest BCUT2D eigenvalue weighted by Gasteiger charge is 2.21. The van der Waals surface area contributed by atoms with Gasteiger partial charge in [0.1, 0.15) is 5.75 Å². The van der Waals surface area contributed by atoms with Crippen LogP contribution in [0.25, 0.3) is 0 Å². The van der Waals surface area contributed by atoms with Gasteiger partial charge in [0.15, 0.2) is 11.5 Å². The third-order valence-electron chi connectivity index (χ3n) is 5.61. The summed E-state index contributed by atoms with van der Waals surface area (Å²) in [5.74, 6) is 2.68. The van der Waals surface area contributed by atoms with Crippen LogP contribution in [-0.4, -0.2) is 37.2 Å². The fourth-order valence-corrected chi connectivity index (χ4v) is 3.88. The van der Waals surface area contributed by atoms with Crippen LogP contribution in [0.2, 0.25) is 0 Å². The highest BCUT2D eigenvalue weighted by molar-refractivity contribution is 5.57. The Balaban J connectivity index is 1.60. The molecular weight excluding hydrogens is 384 g/mol. The lowest BCUT2D eigenvalue weighted by Gasteiger charge is -2.30. The average Bonchev–Trinajstić information content (AvgIpc) is 2.77. The minimum Gasteiger partial charge on any atom is -0.627 e. The van der Waals surface area contributed by atoms with E-state index < -0.39 is 5.23 Å². The van der Waals surface area contributed by atoms with E-state index in [-0.39, 0.29) is 5.69 Å². The molecule has 1 saturated carbocycles. The Morgan fingerprint density at radius 3 is 2.50 bits per heavy atom. The molecule has 1 aliphatic carbocycles. The predicted molar refractivity (Wildman–Crippen MR) is 118 cm³/mol. The third kappa shape index (κ3) is 6.27. The normalized spacial score (nSPS) is 19.0. The van der Waals surface area contributed by atoms with Crippen molar-refractivity contribution in [3.05, 3.63) is 46.4 Å². The first-order valence-corrected chi connectivity index (χ1v) is 10.4. The summed E-state index contributed by atoms with van der Waals surface area (Å²) in [6.07, 6.45) is 5.94. The fraction of sp³-hybridized carbons (Fsp3) is 0.524. The van der Waals surface area contributed by atoms with Crippen LogP contribution in [0.4, 0.5) is 17.5 Å². The molecule has 1 heterocycles. The summed E-state index contributed by atoms with van der Waals surface area (Å²) in [6.45, 7) is 2.25. The van der Waals surface area contributed by atoms with Gasteiger partial charge in [0.05, 0.1) is 13.3 Å². The second-order valence-electron chi connectivity index (χ2n) is 7.77. The Bertz CT molecular complexity index is 796. The number of nitrogens with one attached hydrogen (secondary N) is 4. The Hall–Kier alpha value is -2.46. The lowest BCUT2D eigenvalue weighted by Crippen LogP contribution is -2.96. The lowest BCUT2D eigenvalue weighted by atomic mass is 9.82. The van der Waals surface area contributed by atoms with E-state index in [4.69, 9.17) is 4.74 Å². The van der Waals surface area contributed by atoms with Crippen LogP contribution in [-0.2, 0) is 6.54 Å². The molecule has 1 aromatic carbocycles. The smallest absolute Gasteiger partial charge is 0.225 e. The van der Waals surface area contributed by atoms with E-state index in [1.54, 1.807) is 7.11 Å². The molecule has 3 rings (SSSR count). The molecule has 0 bridgehead atoms. The van der Waals surface area contributed by atoms with Gasteiger partial charge in [-0.3, -0.25) is 0 Å². The molecule has 0 amide bonds. The number of benzene rings is 1. The van der Waals surface area contributed by atoms with Gasteiger partial charge in [-0.15, -0.1) is 0 Å². The van der Waals surface area contributed by atoms with Crippen LogP contribution < -0.4 is 25.9 Å². The number of ether oxygens (including phenoxy) is 1. The van der Waals surface area contributed by atoms with Gasteiger partial charge < -0.3 is 36.3 Å². The minimum atomic E-state index is -1.28. The molecule has 0 saturated heterocycles. The van der Waals surface area contributed by atoms with Crippen LogP contribution in [0.1, 0.15) is 31.2 Å². The molecule has 9 nitrogen and oxygen atoms in total. The van der Waals surface area contributed by atoms with Crippen molar-refractivity contribution >= 4 is 17.5 Å². The molecule has 30 heavy (non-hydrogen) atoms. The number of hydrogen-bond acceptors (Lipinski definition) is 8. The number of aromatic nitrogens is 2. The van der Waals surface area contributed by atoms with Crippen LogP contribution in [0, 0.1) is 22.3 Å². The Labute approximate surface area is 177 Å². The summed E-state index contributed by atoms with van der Waals surface area (Å²) in [6, 6.07) is 7.68. The van der Waals surface area contributed by atoms with Gasteiger partial charge >= 0.3 is 0 Å². The molecule has 1 aliphatic rings. The maximum atomic E-state index is 11.5. The number of quaternary nitrogens is 1. The molecule has 4 N–H and O–H groups in total. The van der Waals surface area contributed by atoms with Crippen molar-refractivity contribution in [2.75, 3.05) is 37.9 Å². The summed E-state index contributed by atoms with van der Waals surface area (Å²) in [4.78, 5) is 8.51. The summed E-state index contributed by atoms with van der Waals surface area (Å²) >= 11 is 0. The molecule has 0 unspecified atom stereocenters. The van der Waals surface area contributed by atoms with E-state index in [2.05, 4.69) is 25.9 Å². The zero-order valence-corrected chi connectivity index (χ0v) is 17.6. The highest BCUT2D eigenvalue weighted by Crippen LogP contribution is 2.29. The quantitative estimate of drug-likeness (QED) is 0.435. The SMILES string of the molecule is CNCC1CCC(CNc2nc(NCc3cccc(OC)c3)ncc2[NH+]([O-])[O-])CC1. The maximum absolute atomic E-state index is 11.5. The number of methoxy groups -OCH3 is 1. The zero-order chi connectivity index (χ0) is 21.3. The maximum Gasteiger partial charge on any atom is 0.225 e. The van der Waals surface area contributed by atoms with Crippen molar-refractivity contribution in [3.8, 4) is 5.75 Å². The van der Waals surface area contributed by atoms with Crippen LogP contribution in [0.15, 0.2) is 30.5 Å². The molecule has 9 heteroatoms. The molecular formula is C21H31N6O3-. The topological polar surface area (TPSA) is 122 Å². The van der Waals surface area contributed by atoms with Crippen LogP contribution in [0.3, 0.4) is 0 Å². The van der Waals surface area contributed by atoms with Crippen molar-refractivity contribution in [3.63, 3.8) is 0 Å². The van der Waals surface area contributed by atoms with Crippen LogP contribution in [0.5, 0.6) is 5.75 Å². The van der Waals surface area contributed by atoms with Gasteiger partial charge in [-0.1, -0.05) is 12.1 Å². The van der Waals surface area contributed by atoms with E-state index in [1.807, 2.05) is 31.3 Å². The summed E-state index contributed by atoms with van der Waals surface area (Å²) in [5, 5.41) is 31.3. The second kappa shape index (κ2) is 11.1. The van der Waals surface area contributed by atoms with E-state index in [0.29, 0.717) is 30.8 Å². The van der Waals surface area contributed by atoms with Crippen molar-refractivity contribution in [1.29, 1.82) is 0 Å². The van der Waals surface area contributed by atoms with E-state index >= 15 is 0 Å². The fourth-order valence-electron chi connectivity index (χ4n) is 3.88. The monoisotopic (exact) mass is 415 g/mol. The highest BCUT2D eigenvalue weighted by atomic mass is 16.8. The van der Waals surface area contributed by atoms with E-state index in [1.165, 1.54) is 19.0 Å². The largest absolute Gasteiger partial charge is 0.627 e. The third-order valence-corrected chi connectivity index (χ3v) is 5.61. The predicted octanol–water partition coefficient (Wildman–Crippen LogP) is 2.05. The van der Waals surface area contributed by atoms with Crippen molar-refractivity contribution < 1.29 is 9.96 Å². The van der Waals surface area contributed by atoms with Crippen LogP contribution >= 0.6 is 0 Å². The molecule has 0 radical (unpaired) electrons. The number of hydrogen-bond donors (Lipinski definition) is 4. The first-order chi connectivity index (χ1) is 14.6. The van der Waals surface area contributed by atoms with Gasteiger partial charge in [0, 0.05) is 13.1 Å². The summed E-state index contributed by atoms with van der Waals surface area (Å²) in [7, 11) is 3.61. The van der Waals surface area contributed by atoms with Crippen molar-refractivity contribution in [1.82, 2.24) is 15.3 Å². The molecule has 0 spiro atoms.